The van der Waals surface area contributed by atoms with Crippen molar-refractivity contribution in [3.63, 3.8) is 0 Å². The highest BCUT2D eigenvalue weighted by molar-refractivity contribution is 5.25. The number of fused-ring (bicyclic) bond motifs is 1. The van der Waals surface area contributed by atoms with Crippen LogP contribution in [0.2, 0.25) is 0 Å². The van der Waals surface area contributed by atoms with E-state index < -0.39 is 0 Å². The molecule has 1 saturated carbocycles. The second kappa shape index (κ2) is 4.21. The van der Waals surface area contributed by atoms with Crippen LogP contribution >= 0.6 is 0 Å². The summed E-state index contributed by atoms with van der Waals surface area (Å²) >= 11 is 0. The van der Waals surface area contributed by atoms with Crippen molar-refractivity contribution in [3.8, 4) is 0 Å². The van der Waals surface area contributed by atoms with Crippen LogP contribution in [0.15, 0.2) is 0 Å². The van der Waals surface area contributed by atoms with E-state index in [2.05, 4.69) is 4.57 Å². The van der Waals surface area contributed by atoms with Gasteiger partial charge in [0.2, 0.25) is 0 Å². The van der Waals surface area contributed by atoms with Crippen molar-refractivity contribution in [2.45, 2.75) is 57.4 Å². The van der Waals surface area contributed by atoms with Crippen molar-refractivity contribution in [3.05, 3.63) is 17.2 Å². The smallest absolute Gasteiger partial charge is 0.110 e. The quantitative estimate of drug-likeness (QED) is 0.845. The zero-order valence-electron chi connectivity index (χ0n) is 9.91. The lowest BCUT2D eigenvalue weighted by Crippen LogP contribution is -2.08. The third-order valence-electron chi connectivity index (χ3n) is 4.09. The van der Waals surface area contributed by atoms with Crippen molar-refractivity contribution in [1.29, 1.82) is 0 Å². The van der Waals surface area contributed by atoms with Crippen LogP contribution in [0, 0.1) is 0 Å². The molecule has 16 heavy (non-hydrogen) atoms. The minimum Gasteiger partial charge on any atom is -0.332 e. The highest BCUT2D eigenvalue weighted by Gasteiger charge is 2.27. The third kappa shape index (κ3) is 1.58. The highest BCUT2D eigenvalue weighted by Crippen LogP contribution is 2.37. The van der Waals surface area contributed by atoms with Crippen LogP contribution in [0.1, 0.15) is 55.2 Å². The van der Waals surface area contributed by atoms with Gasteiger partial charge in [-0.05, 0) is 32.2 Å². The molecular weight excluding hydrogens is 198 g/mol. The Morgan fingerprint density at radius 3 is 2.81 bits per heavy atom. The van der Waals surface area contributed by atoms with Crippen LogP contribution in [0.25, 0.3) is 0 Å². The van der Waals surface area contributed by atoms with Crippen molar-refractivity contribution in [1.82, 2.24) is 9.55 Å². The van der Waals surface area contributed by atoms with Crippen LogP contribution in [0.3, 0.4) is 0 Å². The van der Waals surface area contributed by atoms with Crippen molar-refractivity contribution in [2.75, 3.05) is 6.54 Å². The topological polar surface area (TPSA) is 43.8 Å². The lowest BCUT2D eigenvalue weighted by atomic mass is 10.0. The minimum absolute atomic E-state index is 0.723. The number of rotatable bonds is 3. The molecule has 2 heterocycles. The molecule has 3 heteroatoms. The molecular formula is C13H21N3. The predicted molar refractivity (Wildman–Crippen MR) is 64.5 cm³/mol. The lowest BCUT2D eigenvalue weighted by Gasteiger charge is -2.06. The lowest BCUT2D eigenvalue weighted by molar-refractivity contribution is 0.674. The maximum Gasteiger partial charge on any atom is 0.110 e. The third-order valence-corrected chi connectivity index (χ3v) is 4.09. The van der Waals surface area contributed by atoms with E-state index in [0.29, 0.717) is 0 Å². The van der Waals surface area contributed by atoms with Crippen LogP contribution in [-0.4, -0.2) is 16.1 Å². The highest BCUT2D eigenvalue weighted by atomic mass is 15.1. The van der Waals surface area contributed by atoms with E-state index in [0.717, 1.165) is 18.9 Å². The van der Waals surface area contributed by atoms with Gasteiger partial charge in [-0.2, -0.15) is 0 Å². The molecule has 0 radical (unpaired) electrons. The summed E-state index contributed by atoms with van der Waals surface area (Å²) in [7, 11) is 0. The van der Waals surface area contributed by atoms with E-state index in [9.17, 15) is 0 Å². The molecule has 0 spiro atoms. The van der Waals surface area contributed by atoms with Crippen LogP contribution in [0.4, 0.5) is 0 Å². The maximum absolute atomic E-state index is 5.66. The van der Waals surface area contributed by atoms with Crippen molar-refractivity contribution < 1.29 is 0 Å². The zero-order chi connectivity index (χ0) is 11.0. The molecule has 0 bridgehead atoms. The minimum atomic E-state index is 0.723. The molecule has 0 unspecified atom stereocenters. The number of imidazole rings is 1. The summed E-state index contributed by atoms with van der Waals surface area (Å²) in [4.78, 5) is 4.89. The fraction of sp³-hybridized carbons (Fsp3) is 0.769. The summed E-state index contributed by atoms with van der Waals surface area (Å²) in [6.07, 6.45) is 8.98. The fourth-order valence-corrected chi connectivity index (χ4v) is 3.34. The standard InChI is InChI=1S/C13H21N3/c14-8-7-12-15-13(10-4-1-2-5-10)11-6-3-9-16(11)12/h10H,1-9,14H2. The summed E-state index contributed by atoms with van der Waals surface area (Å²) in [5.74, 6) is 2.00. The second-order valence-corrected chi connectivity index (χ2v) is 5.14. The van der Waals surface area contributed by atoms with Gasteiger partial charge in [-0.3, -0.25) is 0 Å². The van der Waals surface area contributed by atoms with Crippen LogP contribution in [-0.2, 0) is 19.4 Å². The predicted octanol–water partition coefficient (Wildman–Crippen LogP) is 1.99. The van der Waals surface area contributed by atoms with Crippen LogP contribution in [0.5, 0.6) is 0 Å². The largest absolute Gasteiger partial charge is 0.332 e. The molecule has 0 atom stereocenters. The molecule has 0 saturated heterocycles. The molecule has 2 aliphatic rings. The Kier molecular flexibility index (Phi) is 2.72. The van der Waals surface area contributed by atoms with Crippen molar-refractivity contribution >= 4 is 0 Å². The maximum atomic E-state index is 5.66. The molecule has 3 rings (SSSR count). The molecule has 0 aromatic carbocycles. The Hall–Kier alpha value is -0.830. The van der Waals surface area contributed by atoms with Gasteiger partial charge in [0.1, 0.15) is 5.82 Å². The summed E-state index contributed by atoms with van der Waals surface area (Å²) in [6.45, 7) is 1.89. The molecule has 88 valence electrons. The first-order valence-electron chi connectivity index (χ1n) is 6.68. The normalized spacial score (nSPS) is 20.6. The summed E-state index contributed by atoms with van der Waals surface area (Å²) in [6, 6.07) is 0. The van der Waals surface area contributed by atoms with Gasteiger partial charge in [0, 0.05) is 24.6 Å². The summed E-state index contributed by atoms with van der Waals surface area (Å²) in [5, 5.41) is 0. The van der Waals surface area contributed by atoms with Gasteiger partial charge in [0.15, 0.2) is 0 Å². The number of nitrogens with zero attached hydrogens (tertiary/aromatic N) is 2. The Balaban J connectivity index is 1.95. The van der Waals surface area contributed by atoms with E-state index in [4.69, 9.17) is 10.7 Å². The molecule has 1 aromatic heterocycles. The second-order valence-electron chi connectivity index (χ2n) is 5.14. The Morgan fingerprint density at radius 2 is 2.06 bits per heavy atom. The Morgan fingerprint density at radius 1 is 1.25 bits per heavy atom. The molecule has 1 aliphatic carbocycles. The monoisotopic (exact) mass is 219 g/mol. The first-order valence-corrected chi connectivity index (χ1v) is 6.68. The average Bonchev–Trinajstić information content (AvgIpc) is 2.94. The fourth-order valence-electron chi connectivity index (χ4n) is 3.34. The SMILES string of the molecule is NCCc1nc(C2CCCC2)c2n1CCC2. The van der Waals surface area contributed by atoms with Crippen LogP contribution < -0.4 is 5.73 Å². The number of aromatic nitrogens is 2. The van der Waals surface area contributed by atoms with E-state index in [-0.39, 0.29) is 0 Å². The van der Waals surface area contributed by atoms with Gasteiger partial charge >= 0.3 is 0 Å². The number of hydrogen-bond acceptors (Lipinski definition) is 2. The van der Waals surface area contributed by atoms with E-state index >= 15 is 0 Å². The van der Waals surface area contributed by atoms with E-state index in [1.165, 1.54) is 62.3 Å². The molecule has 3 nitrogen and oxygen atoms in total. The Labute approximate surface area is 97.0 Å². The van der Waals surface area contributed by atoms with Gasteiger partial charge in [-0.1, -0.05) is 12.8 Å². The molecule has 1 aliphatic heterocycles. The molecule has 1 aromatic rings. The van der Waals surface area contributed by atoms with Gasteiger partial charge in [0.25, 0.3) is 0 Å². The number of hydrogen-bond donors (Lipinski definition) is 1. The summed E-state index contributed by atoms with van der Waals surface area (Å²) in [5.41, 5.74) is 8.63. The van der Waals surface area contributed by atoms with E-state index in [1.54, 1.807) is 0 Å². The Bertz CT molecular complexity index is 375. The number of nitrogens with two attached hydrogens (primary N) is 1. The van der Waals surface area contributed by atoms with Crippen molar-refractivity contribution in [2.24, 2.45) is 5.73 Å². The zero-order valence-corrected chi connectivity index (χ0v) is 9.91. The van der Waals surface area contributed by atoms with Gasteiger partial charge in [-0.15, -0.1) is 0 Å². The molecule has 0 amide bonds. The first-order chi connectivity index (χ1) is 7.90. The van der Waals surface area contributed by atoms with Gasteiger partial charge in [-0.25, -0.2) is 4.98 Å². The summed E-state index contributed by atoms with van der Waals surface area (Å²) < 4.78 is 2.44. The van der Waals surface area contributed by atoms with Gasteiger partial charge < -0.3 is 10.3 Å². The first kappa shape index (κ1) is 10.3. The molecule has 2 N–H and O–H groups in total. The molecule has 1 fully saturated rings. The van der Waals surface area contributed by atoms with E-state index in [1.807, 2.05) is 0 Å². The average molecular weight is 219 g/mol. The van der Waals surface area contributed by atoms with Gasteiger partial charge in [0.05, 0.1) is 5.69 Å².